The molecule has 0 spiro atoms. The van der Waals surface area contributed by atoms with Crippen LogP contribution in [-0.2, 0) is 6.54 Å². The Kier molecular flexibility index (Phi) is 6.02. The van der Waals surface area contributed by atoms with Gasteiger partial charge in [-0.3, -0.25) is 14.4 Å². The lowest BCUT2D eigenvalue weighted by atomic mass is 10.1. The van der Waals surface area contributed by atoms with Gasteiger partial charge in [0.1, 0.15) is 5.82 Å². The quantitative estimate of drug-likeness (QED) is 0.439. The van der Waals surface area contributed by atoms with Gasteiger partial charge in [-0.25, -0.2) is 4.39 Å². The molecule has 1 saturated carbocycles. The summed E-state index contributed by atoms with van der Waals surface area (Å²) in [7, 11) is 0. The monoisotopic (exact) mass is 452 g/mol. The van der Waals surface area contributed by atoms with Crippen LogP contribution >= 0.6 is 11.3 Å². The van der Waals surface area contributed by atoms with Gasteiger partial charge in [-0.15, -0.1) is 11.3 Å². The van der Waals surface area contributed by atoms with Crippen LogP contribution in [0.4, 0.5) is 10.1 Å². The van der Waals surface area contributed by atoms with Gasteiger partial charge in [0.15, 0.2) is 0 Å². The molecule has 3 amide bonds. The van der Waals surface area contributed by atoms with Gasteiger partial charge in [-0.2, -0.15) is 0 Å². The number of rotatable bonds is 7. The average molecular weight is 453 g/mol. The van der Waals surface area contributed by atoms with E-state index >= 15 is 0 Å². The summed E-state index contributed by atoms with van der Waals surface area (Å²) in [5.41, 5.74) is 13.1. The topological polar surface area (TPSA) is 127 Å². The number of nitrogens with two attached hydrogens (primary N) is 2. The van der Waals surface area contributed by atoms with E-state index in [1.165, 1.54) is 12.1 Å². The summed E-state index contributed by atoms with van der Waals surface area (Å²) in [6.45, 7) is 0.189. The number of nitrogens with one attached hydrogen (secondary N) is 2. The lowest BCUT2D eigenvalue weighted by Gasteiger charge is -2.12. The van der Waals surface area contributed by atoms with Crippen LogP contribution in [0.25, 0.3) is 10.4 Å². The molecule has 3 aromatic rings. The predicted octanol–water partition coefficient (Wildman–Crippen LogP) is 3.26. The second-order valence-electron chi connectivity index (χ2n) is 7.53. The number of benzene rings is 2. The number of amides is 3. The number of hydrogen-bond donors (Lipinski definition) is 4. The molecule has 2 aromatic carbocycles. The van der Waals surface area contributed by atoms with Crippen molar-refractivity contribution in [1.82, 2.24) is 5.32 Å². The van der Waals surface area contributed by atoms with E-state index in [1.807, 2.05) is 0 Å². The number of thiophene rings is 1. The van der Waals surface area contributed by atoms with E-state index in [-0.39, 0.29) is 30.0 Å². The average Bonchev–Trinajstić information content (AvgIpc) is 3.44. The van der Waals surface area contributed by atoms with E-state index < -0.39 is 11.7 Å². The highest BCUT2D eigenvalue weighted by Gasteiger charge is 2.24. The second-order valence-corrected chi connectivity index (χ2v) is 8.62. The first-order valence-corrected chi connectivity index (χ1v) is 10.8. The normalized spacial score (nSPS) is 12.9. The van der Waals surface area contributed by atoms with Crippen LogP contribution in [0, 0.1) is 5.82 Å². The summed E-state index contributed by atoms with van der Waals surface area (Å²) in [5.74, 6) is -1.91. The molecular weight excluding hydrogens is 431 g/mol. The molecular formula is C23H21FN4O3S. The Morgan fingerprint density at radius 3 is 2.47 bits per heavy atom. The summed E-state index contributed by atoms with van der Waals surface area (Å²) in [5, 5.41) is 5.73. The molecule has 4 rings (SSSR count). The van der Waals surface area contributed by atoms with E-state index in [9.17, 15) is 18.8 Å². The van der Waals surface area contributed by atoms with Crippen LogP contribution in [0.2, 0.25) is 0 Å². The Morgan fingerprint density at radius 2 is 1.78 bits per heavy atom. The third-order valence-corrected chi connectivity index (χ3v) is 6.18. The Labute approximate surface area is 187 Å². The first kappa shape index (κ1) is 21.7. The minimum absolute atomic E-state index is 0.0493. The minimum atomic E-state index is -0.736. The van der Waals surface area contributed by atoms with Crippen molar-refractivity contribution in [3.05, 3.63) is 75.9 Å². The van der Waals surface area contributed by atoms with E-state index in [1.54, 1.807) is 30.3 Å². The third-order valence-electron chi connectivity index (χ3n) is 5.05. The number of carbonyl (C=O) groups is 3. The summed E-state index contributed by atoms with van der Waals surface area (Å²) >= 11 is 1.14. The number of hydrogen-bond acceptors (Lipinski definition) is 5. The molecule has 0 unspecified atom stereocenters. The highest BCUT2D eigenvalue weighted by atomic mass is 32.1. The van der Waals surface area contributed by atoms with Crippen molar-refractivity contribution < 1.29 is 18.8 Å². The molecule has 1 aliphatic carbocycles. The van der Waals surface area contributed by atoms with Crippen molar-refractivity contribution in [2.24, 2.45) is 11.5 Å². The second kappa shape index (κ2) is 8.89. The maximum Gasteiger partial charge on any atom is 0.265 e. The molecule has 32 heavy (non-hydrogen) atoms. The zero-order valence-corrected chi connectivity index (χ0v) is 17.8. The Balaban J connectivity index is 1.55. The highest BCUT2D eigenvalue weighted by Crippen LogP contribution is 2.30. The molecule has 1 aromatic heterocycles. The van der Waals surface area contributed by atoms with Crippen LogP contribution in [0.3, 0.4) is 0 Å². The summed E-state index contributed by atoms with van der Waals surface area (Å²) in [4.78, 5) is 37.6. The van der Waals surface area contributed by atoms with Crippen LogP contribution in [-0.4, -0.2) is 23.8 Å². The van der Waals surface area contributed by atoms with E-state index in [0.29, 0.717) is 32.1 Å². The van der Waals surface area contributed by atoms with Gasteiger partial charge < -0.3 is 22.1 Å². The fourth-order valence-electron chi connectivity index (χ4n) is 3.18. The number of carbonyl (C=O) groups excluding carboxylic acids is 3. The highest BCUT2D eigenvalue weighted by molar-refractivity contribution is 7.17. The molecule has 164 valence electrons. The summed E-state index contributed by atoms with van der Waals surface area (Å²) < 4.78 is 13.9. The lowest BCUT2D eigenvalue weighted by Crippen LogP contribution is -2.25. The standard InChI is InChI=1S/C23H21FN4O3S/c24-16-8-14(7-15(9-16)21(26)29)19-5-6-20(32-19)23(31)28-18-10-12(1-2-13(18)11-25)22(30)27-17-3-4-17/h1-2,5-10,17H,3-4,11,25H2,(H2,26,29)(H,27,30)(H,28,31). The minimum Gasteiger partial charge on any atom is -0.366 e. The molecule has 0 aliphatic heterocycles. The molecule has 0 bridgehead atoms. The SMILES string of the molecule is NCc1ccc(C(=O)NC2CC2)cc1NC(=O)c1ccc(-c2cc(F)cc(C(N)=O)c2)s1. The van der Waals surface area contributed by atoms with Crippen LogP contribution in [0.1, 0.15) is 48.8 Å². The smallest absolute Gasteiger partial charge is 0.265 e. The molecule has 0 radical (unpaired) electrons. The van der Waals surface area contributed by atoms with Gasteiger partial charge in [-0.1, -0.05) is 6.07 Å². The molecule has 1 aliphatic rings. The van der Waals surface area contributed by atoms with Crippen LogP contribution in [0.15, 0.2) is 48.5 Å². The van der Waals surface area contributed by atoms with Gasteiger partial charge in [0, 0.05) is 34.3 Å². The van der Waals surface area contributed by atoms with Crippen molar-refractivity contribution in [1.29, 1.82) is 0 Å². The number of halogens is 1. The molecule has 1 heterocycles. The maximum absolute atomic E-state index is 13.9. The van der Waals surface area contributed by atoms with Crippen LogP contribution < -0.4 is 22.1 Å². The Bertz CT molecular complexity index is 1220. The zero-order valence-electron chi connectivity index (χ0n) is 17.0. The van der Waals surface area contributed by atoms with Gasteiger partial charge in [0.2, 0.25) is 5.91 Å². The number of anilines is 1. The molecule has 1 fully saturated rings. The van der Waals surface area contributed by atoms with Gasteiger partial charge in [0.05, 0.1) is 4.88 Å². The van der Waals surface area contributed by atoms with Crippen molar-refractivity contribution in [2.75, 3.05) is 5.32 Å². The van der Waals surface area contributed by atoms with E-state index in [4.69, 9.17) is 11.5 Å². The van der Waals surface area contributed by atoms with Gasteiger partial charge in [0.25, 0.3) is 11.8 Å². The van der Waals surface area contributed by atoms with Crippen molar-refractivity contribution in [3.8, 4) is 10.4 Å². The van der Waals surface area contributed by atoms with E-state index in [0.717, 1.165) is 30.2 Å². The van der Waals surface area contributed by atoms with Crippen molar-refractivity contribution in [3.63, 3.8) is 0 Å². The number of primary amides is 1. The van der Waals surface area contributed by atoms with E-state index in [2.05, 4.69) is 10.6 Å². The fraction of sp³-hybridized carbons (Fsp3) is 0.174. The fourth-order valence-corrected chi connectivity index (χ4v) is 4.07. The Morgan fingerprint density at radius 1 is 1.00 bits per heavy atom. The Hall–Kier alpha value is -3.56. The molecule has 6 N–H and O–H groups in total. The predicted molar refractivity (Wildman–Crippen MR) is 121 cm³/mol. The summed E-state index contributed by atoms with van der Waals surface area (Å²) in [6.07, 6.45) is 1.95. The third kappa shape index (κ3) is 4.84. The molecule has 0 atom stereocenters. The molecule has 7 nitrogen and oxygen atoms in total. The lowest BCUT2D eigenvalue weighted by molar-refractivity contribution is 0.0948. The first-order chi connectivity index (χ1) is 15.3. The first-order valence-electron chi connectivity index (χ1n) is 10.00. The van der Waals surface area contributed by atoms with Gasteiger partial charge >= 0.3 is 0 Å². The summed E-state index contributed by atoms with van der Waals surface area (Å²) in [6, 6.07) is 12.3. The van der Waals surface area contributed by atoms with Crippen molar-refractivity contribution >= 4 is 34.7 Å². The van der Waals surface area contributed by atoms with Crippen LogP contribution in [0.5, 0.6) is 0 Å². The van der Waals surface area contributed by atoms with Crippen molar-refractivity contribution in [2.45, 2.75) is 25.4 Å². The van der Waals surface area contributed by atoms with Gasteiger partial charge in [-0.05, 0) is 66.4 Å². The zero-order chi connectivity index (χ0) is 22.8. The maximum atomic E-state index is 13.9. The molecule has 9 heteroatoms. The largest absolute Gasteiger partial charge is 0.366 e. The molecule has 0 saturated heterocycles.